The zero-order valence-electron chi connectivity index (χ0n) is 25.1. The van der Waals surface area contributed by atoms with Gasteiger partial charge in [0.15, 0.2) is 12.6 Å². The molecule has 1 aliphatic rings. The topological polar surface area (TPSA) is 86.7 Å². The highest BCUT2D eigenvalue weighted by molar-refractivity contribution is 5.90. The lowest BCUT2D eigenvalue weighted by molar-refractivity contribution is -0.121. The van der Waals surface area contributed by atoms with E-state index in [2.05, 4.69) is 10.2 Å². The first kappa shape index (κ1) is 33.4. The summed E-state index contributed by atoms with van der Waals surface area (Å²) < 4.78 is 13.4. The second-order valence-electron chi connectivity index (χ2n) is 11.9. The van der Waals surface area contributed by atoms with Crippen LogP contribution in [-0.4, -0.2) is 54.7 Å². The van der Waals surface area contributed by atoms with E-state index in [1.54, 1.807) is 12.1 Å². The van der Waals surface area contributed by atoms with E-state index in [4.69, 9.17) is 0 Å². The Morgan fingerprint density at radius 1 is 0.833 bits per heavy atom. The number of phenols is 1. The summed E-state index contributed by atoms with van der Waals surface area (Å²) in [5, 5.41) is 12.7. The summed E-state index contributed by atoms with van der Waals surface area (Å²) in [6.07, 6.45) is 18.1. The predicted octanol–water partition coefficient (Wildman–Crippen LogP) is 7.06. The molecule has 2 N–H and O–H groups in total. The fourth-order valence-corrected chi connectivity index (χ4v) is 5.94. The minimum Gasteiger partial charge on any atom is -0.508 e. The summed E-state index contributed by atoms with van der Waals surface area (Å²) in [4.78, 5) is 36.7. The van der Waals surface area contributed by atoms with Crippen molar-refractivity contribution in [3.8, 4) is 5.75 Å². The standard InChI is InChI=1S/C35H49FN2O4/c36-33-21-29(22-34(41)24-33)15-18-38-19-16-30(25-38)23-35(42)37-17-11-9-7-5-3-1-2-4-6-8-10-12-28-13-14-31(26-39)32(20-28)27-40/h13-14,20-22,24,26-27,30,41H,1-12,15-19,23,25H2,(H,37,42)/t30-/m0/s1. The molecule has 0 aromatic heterocycles. The molecule has 2 aromatic carbocycles. The van der Waals surface area contributed by atoms with Gasteiger partial charge in [-0.1, -0.05) is 69.9 Å². The molecule has 0 saturated carbocycles. The van der Waals surface area contributed by atoms with E-state index in [1.165, 1.54) is 57.4 Å². The van der Waals surface area contributed by atoms with Crippen molar-refractivity contribution in [1.29, 1.82) is 0 Å². The average molecular weight is 581 g/mol. The predicted molar refractivity (Wildman–Crippen MR) is 166 cm³/mol. The van der Waals surface area contributed by atoms with Gasteiger partial charge < -0.3 is 15.3 Å². The molecule has 3 rings (SSSR count). The van der Waals surface area contributed by atoms with Gasteiger partial charge in [0.05, 0.1) is 0 Å². The van der Waals surface area contributed by atoms with Gasteiger partial charge in [-0.2, -0.15) is 0 Å². The molecular weight excluding hydrogens is 531 g/mol. The number of carbonyl (C=O) groups is 3. The van der Waals surface area contributed by atoms with Crippen LogP contribution < -0.4 is 5.32 Å². The Kier molecular flexibility index (Phi) is 15.3. The van der Waals surface area contributed by atoms with Crippen molar-refractivity contribution in [2.75, 3.05) is 26.2 Å². The number of unbranched alkanes of at least 4 members (excludes halogenated alkanes) is 10. The lowest BCUT2D eigenvalue weighted by Gasteiger charge is -2.16. The van der Waals surface area contributed by atoms with E-state index in [0.717, 1.165) is 88.0 Å². The maximum atomic E-state index is 13.4. The van der Waals surface area contributed by atoms with Gasteiger partial charge in [0.1, 0.15) is 11.6 Å². The largest absolute Gasteiger partial charge is 0.508 e. The molecule has 42 heavy (non-hydrogen) atoms. The second-order valence-corrected chi connectivity index (χ2v) is 11.9. The Morgan fingerprint density at radius 3 is 2.17 bits per heavy atom. The fraction of sp³-hybridized carbons (Fsp3) is 0.571. The van der Waals surface area contributed by atoms with Crippen molar-refractivity contribution < 1.29 is 23.9 Å². The number of halogens is 1. The molecule has 1 aliphatic heterocycles. The van der Waals surface area contributed by atoms with Gasteiger partial charge >= 0.3 is 0 Å². The third-order valence-electron chi connectivity index (χ3n) is 8.37. The maximum absolute atomic E-state index is 13.4. The molecule has 1 saturated heterocycles. The molecule has 1 atom stereocenters. The molecule has 1 amide bonds. The molecule has 6 nitrogen and oxygen atoms in total. The minimum absolute atomic E-state index is 0.0333. The first-order valence-electron chi connectivity index (χ1n) is 16.0. The molecule has 0 aliphatic carbocycles. The van der Waals surface area contributed by atoms with Crippen LogP contribution in [-0.2, 0) is 17.6 Å². The molecule has 0 unspecified atom stereocenters. The monoisotopic (exact) mass is 580 g/mol. The van der Waals surface area contributed by atoms with Crippen LogP contribution in [0.1, 0.15) is 115 Å². The maximum Gasteiger partial charge on any atom is 0.220 e. The summed E-state index contributed by atoms with van der Waals surface area (Å²) in [5.74, 6) is 0.0885. The summed E-state index contributed by atoms with van der Waals surface area (Å²) in [6, 6.07) is 9.73. The Hall–Kier alpha value is -3.06. The van der Waals surface area contributed by atoms with Crippen molar-refractivity contribution in [2.45, 2.75) is 96.3 Å². The molecule has 230 valence electrons. The van der Waals surface area contributed by atoms with Crippen LogP contribution in [0.3, 0.4) is 0 Å². The van der Waals surface area contributed by atoms with E-state index < -0.39 is 5.82 Å². The van der Waals surface area contributed by atoms with Crippen molar-refractivity contribution in [3.63, 3.8) is 0 Å². The fourth-order valence-electron chi connectivity index (χ4n) is 5.94. The van der Waals surface area contributed by atoms with E-state index in [1.807, 2.05) is 12.1 Å². The molecule has 0 radical (unpaired) electrons. The Morgan fingerprint density at radius 2 is 1.50 bits per heavy atom. The molecule has 0 spiro atoms. The molecule has 0 bridgehead atoms. The van der Waals surface area contributed by atoms with Crippen LogP contribution in [0.15, 0.2) is 36.4 Å². The van der Waals surface area contributed by atoms with Gasteiger partial charge in [0.2, 0.25) is 5.91 Å². The normalized spacial score (nSPS) is 15.1. The molecule has 7 heteroatoms. The van der Waals surface area contributed by atoms with Crippen LogP contribution in [0, 0.1) is 11.7 Å². The van der Waals surface area contributed by atoms with Crippen molar-refractivity contribution >= 4 is 18.5 Å². The van der Waals surface area contributed by atoms with Crippen LogP contribution in [0.25, 0.3) is 0 Å². The quantitative estimate of drug-likeness (QED) is 0.122. The van der Waals surface area contributed by atoms with E-state index >= 15 is 0 Å². The Balaban J connectivity index is 1.09. The number of hydrogen-bond donors (Lipinski definition) is 2. The number of aromatic hydroxyl groups is 1. The summed E-state index contributed by atoms with van der Waals surface area (Å²) >= 11 is 0. The lowest BCUT2D eigenvalue weighted by Crippen LogP contribution is -2.28. The number of phenolic OH excluding ortho intramolecular Hbond substituents is 1. The number of rotatable bonds is 21. The first-order valence-corrected chi connectivity index (χ1v) is 16.0. The van der Waals surface area contributed by atoms with Crippen LogP contribution >= 0.6 is 0 Å². The zero-order chi connectivity index (χ0) is 30.0. The van der Waals surface area contributed by atoms with E-state index in [0.29, 0.717) is 29.9 Å². The van der Waals surface area contributed by atoms with E-state index in [-0.39, 0.29) is 11.7 Å². The number of likely N-dealkylation sites (tertiary alicyclic amines) is 1. The lowest BCUT2D eigenvalue weighted by atomic mass is 10.0. The summed E-state index contributed by atoms with van der Waals surface area (Å²) in [7, 11) is 0. The van der Waals surface area contributed by atoms with Crippen LogP contribution in [0.2, 0.25) is 0 Å². The average Bonchev–Trinajstić information content (AvgIpc) is 3.42. The number of aryl methyl sites for hydroxylation is 1. The van der Waals surface area contributed by atoms with Gasteiger partial charge in [-0.25, -0.2) is 4.39 Å². The van der Waals surface area contributed by atoms with Crippen molar-refractivity contribution in [3.05, 3.63) is 64.5 Å². The number of benzene rings is 2. The molecule has 2 aromatic rings. The second kappa shape index (κ2) is 19.2. The highest BCUT2D eigenvalue weighted by atomic mass is 19.1. The van der Waals surface area contributed by atoms with Gasteiger partial charge in [-0.3, -0.25) is 14.4 Å². The van der Waals surface area contributed by atoms with E-state index in [9.17, 15) is 23.9 Å². The van der Waals surface area contributed by atoms with Gasteiger partial charge in [-0.05, 0) is 73.9 Å². The SMILES string of the molecule is O=Cc1ccc(CCCCCCCCCCCCCNC(=O)C[C@@H]2CCN(CCc3cc(O)cc(F)c3)C2)cc1C=O. The first-order chi connectivity index (χ1) is 20.5. The molecular formula is C35H49FN2O4. The van der Waals surface area contributed by atoms with Gasteiger partial charge in [0, 0.05) is 43.2 Å². The summed E-state index contributed by atoms with van der Waals surface area (Å²) in [5.41, 5.74) is 2.87. The number of nitrogens with zero attached hydrogens (tertiary/aromatic N) is 1. The number of nitrogens with one attached hydrogen (secondary N) is 1. The third kappa shape index (κ3) is 12.8. The smallest absolute Gasteiger partial charge is 0.220 e. The highest BCUT2D eigenvalue weighted by Gasteiger charge is 2.24. The Labute approximate surface area is 251 Å². The highest BCUT2D eigenvalue weighted by Crippen LogP contribution is 2.21. The third-order valence-corrected chi connectivity index (χ3v) is 8.37. The summed E-state index contributed by atoms with van der Waals surface area (Å²) in [6.45, 7) is 3.43. The molecule has 1 heterocycles. The van der Waals surface area contributed by atoms with Crippen molar-refractivity contribution in [2.24, 2.45) is 5.92 Å². The minimum atomic E-state index is -0.408. The number of aldehydes is 2. The zero-order valence-corrected chi connectivity index (χ0v) is 25.1. The van der Waals surface area contributed by atoms with Crippen molar-refractivity contribution in [1.82, 2.24) is 10.2 Å². The van der Waals surface area contributed by atoms with Gasteiger partial charge in [-0.15, -0.1) is 0 Å². The molecule has 1 fully saturated rings. The van der Waals surface area contributed by atoms with Gasteiger partial charge in [0.25, 0.3) is 0 Å². The number of hydrogen-bond acceptors (Lipinski definition) is 5. The van der Waals surface area contributed by atoms with Crippen LogP contribution in [0.4, 0.5) is 4.39 Å². The Bertz CT molecular complexity index is 1100. The van der Waals surface area contributed by atoms with Crippen LogP contribution in [0.5, 0.6) is 5.75 Å². The number of amides is 1. The number of carbonyl (C=O) groups excluding carboxylic acids is 3.